The second-order valence-electron chi connectivity index (χ2n) is 11.9. The number of alkyl halides is 1. The number of benzene rings is 2. The summed E-state index contributed by atoms with van der Waals surface area (Å²) in [6.07, 6.45) is 4.62. The minimum Gasteiger partial charge on any atom is -0.487 e. The third kappa shape index (κ3) is 5.32. The molecule has 3 fully saturated rings. The van der Waals surface area contributed by atoms with E-state index in [4.69, 9.17) is 31.0 Å². The van der Waals surface area contributed by atoms with Crippen LogP contribution in [-0.4, -0.2) is 101 Å². The van der Waals surface area contributed by atoms with Gasteiger partial charge in [0.05, 0.1) is 22.8 Å². The number of hydrogen-bond acceptors (Lipinski definition) is 8. The lowest BCUT2D eigenvalue weighted by atomic mass is 9.94. The van der Waals surface area contributed by atoms with Crippen molar-refractivity contribution in [2.75, 3.05) is 51.3 Å². The predicted molar refractivity (Wildman–Crippen MR) is 168 cm³/mol. The number of ether oxygens (including phenoxy) is 2. The number of halogens is 2. The first-order valence-corrected chi connectivity index (χ1v) is 15.5. The Labute approximate surface area is 259 Å². The topological polar surface area (TPSA) is 99.7 Å². The summed E-state index contributed by atoms with van der Waals surface area (Å²) in [6, 6.07) is 6.06. The zero-order valence-electron chi connectivity index (χ0n) is 24.9. The van der Waals surface area contributed by atoms with Gasteiger partial charge in [0.25, 0.3) is 0 Å². The van der Waals surface area contributed by atoms with Crippen molar-refractivity contribution in [3.05, 3.63) is 47.6 Å². The van der Waals surface area contributed by atoms with Gasteiger partial charge in [-0.2, -0.15) is 15.1 Å². The predicted octanol–water partition coefficient (Wildman–Crippen LogP) is 4.93. The normalized spacial score (nSPS) is 20.9. The number of aryl methyl sites for hydroxylation is 1. The van der Waals surface area contributed by atoms with Crippen molar-refractivity contribution in [2.24, 2.45) is 0 Å². The van der Waals surface area contributed by atoms with Crippen LogP contribution in [0.15, 0.2) is 37.1 Å². The summed E-state index contributed by atoms with van der Waals surface area (Å²) < 4.78 is 27.0. The number of carbonyl (C=O) groups is 1. The van der Waals surface area contributed by atoms with E-state index in [9.17, 15) is 9.18 Å². The molecular weight excluding hydrogens is 585 g/mol. The van der Waals surface area contributed by atoms with E-state index in [1.807, 2.05) is 37.1 Å². The van der Waals surface area contributed by atoms with Crippen LogP contribution in [0.25, 0.3) is 32.9 Å². The average molecular weight is 620 g/mol. The van der Waals surface area contributed by atoms with E-state index in [2.05, 4.69) is 21.7 Å². The molecule has 1 aliphatic carbocycles. The van der Waals surface area contributed by atoms with Crippen LogP contribution < -0.4 is 14.4 Å². The Morgan fingerprint density at radius 1 is 1.18 bits per heavy atom. The highest BCUT2D eigenvalue weighted by Crippen LogP contribution is 2.48. The number of aromatic nitrogens is 4. The van der Waals surface area contributed by atoms with Crippen molar-refractivity contribution in [2.45, 2.75) is 44.5 Å². The Balaban J connectivity index is 1.38. The fraction of sp³-hybridized carbons (Fsp3) is 0.438. The van der Waals surface area contributed by atoms with Gasteiger partial charge < -0.3 is 19.3 Å². The molecule has 0 unspecified atom stereocenters. The van der Waals surface area contributed by atoms with Crippen molar-refractivity contribution in [1.82, 2.24) is 30.0 Å². The van der Waals surface area contributed by atoms with Gasteiger partial charge >= 0.3 is 6.01 Å². The number of hydrogen-bond donors (Lipinski definition) is 1. The minimum absolute atomic E-state index is 0.0594. The van der Waals surface area contributed by atoms with Crippen LogP contribution in [0.3, 0.4) is 0 Å². The van der Waals surface area contributed by atoms with E-state index >= 15 is 0 Å². The van der Waals surface area contributed by atoms with Crippen LogP contribution in [0.4, 0.5) is 10.2 Å². The molecule has 2 saturated heterocycles. The van der Waals surface area contributed by atoms with Gasteiger partial charge in [0.2, 0.25) is 5.91 Å². The second kappa shape index (κ2) is 11.5. The average Bonchev–Trinajstić information content (AvgIpc) is 3.60. The number of nitrogens with one attached hydrogen (secondary N) is 1. The Kier molecular flexibility index (Phi) is 7.54. The van der Waals surface area contributed by atoms with Crippen molar-refractivity contribution in [1.29, 1.82) is 0 Å². The van der Waals surface area contributed by atoms with Crippen LogP contribution in [0.2, 0.25) is 5.02 Å². The van der Waals surface area contributed by atoms with Gasteiger partial charge in [-0.25, -0.2) is 4.39 Å². The lowest BCUT2D eigenvalue weighted by molar-refractivity contribution is -0.126. The number of aromatic amines is 1. The van der Waals surface area contributed by atoms with Crippen LogP contribution >= 0.6 is 11.6 Å². The summed E-state index contributed by atoms with van der Waals surface area (Å²) in [4.78, 5) is 28.0. The molecule has 3 aliphatic rings. The largest absolute Gasteiger partial charge is 0.487 e. The van der Waals surface area contributed by atoms with Gasteiger partial charge in [-0.05, 0) is 57.0 Å². The van der Waals surface area contributed by atoms with Crippen molar-refractivity contribution in [3.63, 3.8) is 0 Å². The van der Waals surface area contributed by atoms with Crippen molar-refractivity contribution in [3.8, 4) is 22.9 Å². The van der Waals surface area contributed by atoms with E-state index in [0.29, 0.717) is 61.3 Å². The summed E-state index contributed by atoms with van der Waals surface area (Å²) in [5, 5.41) is 9.54. The molecule has 7 rings (SSSR count). The monoisotopic (exact) mass is 619 g/mol. The molecule has 1 saturated carbocycles. The third-order valence-electron chi connectivity index (χ3n) is 8.86. The Morgan fingerprint density at radius 3 is 2.68 bits per heavy atom. The summed E-state index contributed by atoms with van der Waals surface area (Å²) in [7, 11) is 1.90. The fourth-order valence-corrected chi connectivity index (χ4v) is 6.57. The van der Waals surface area contributed by atoms with Crippen LogP contribution in [0, 0.1) is 6.92 Å². The Morgan fingerprint density at radius 2 is 1.98 bits per heavy atom. The summed E-state index contributed by atoms with van der Waals surface area (Å²) in [6.45, 7) is 8.48. The number of piperazine rings is 1. The van der Waals surface area contributed by atoms with Gasteiger partial charge in [0.15, 0.2) is 5.75 Å². The Hall–Kier alpha value is -3.96. The number of carbonyl (C=O) groups excluding carboxylic acids is 1. The highest BCUT2D eigenvalue weighted by atomic mass is 35.5. The number of amides is 1. The standard InChI is InChI=1S/C32H35ClFN7O3/c1-4-26(42)40-9-11-41(12-10-40)31-22-14-24(33)28(27-18(2)5-8-25-23(27)15-35-38-25)30(44-21-6-7-21)29(22)36-32(37-31)43-17-20-13-19(34)16-39(20)3/h4-5,8,14-15,19-21H,1,6-7,9-13,16-17H2,2-3H3,(H,35,38)/t19-,20+/m1/s1. The highest BCUT2D eigenvalue weighted by molar-refractivity contribution is 6.35. The molecule has 2 atom stereocenters. The van der Waals surface area contributed by atoms with Gasteiger partial charge in [-0.1, -0.05) is 24.2 Å². The molecule has 2 aromatic heterocycles. The molecule has 4 heterocycles. The smallest absolute Gasteiger partial charge is 0.319 e. The van der Waals surface area contributed by atoms with E-state index in [0.717, 1.165) is 45.8 Å². The molecule has 12 heteroatoms. The molecule has 0 spiro atoms. The molecule has 0 radical (unpaired) electrons. The summed E-state index contributed by atoms with van der Waals surface area (Å²) in [5.41, 5.74) is 4.21. The van der Waals surface area contributed by atoms with Crippen LogP contribution in [-0.2, 0) is 4.79 Å². The van der Waals surface area contributed by atoms with Gasteiger partial charge in [-0.15, -0.1) is 0 Å². The number of rotatable bonds is 8. The zero-order valence-corrected chi connectivity index (χ0v) is 25.6. The molecule has 1 amide bonds. The molecule has 1 N–H and O–H groups in total. The van der Waals surface area contributed by atoms with Crippen molar-refractivity contribution < 1.29 is 18.7 Å². The minimum atomic E-state index is -0.881. The van der Waals surface area contributed by atoms with E-state index in [-0.39, 0.29) is 30.7 Å². The van der Waals surface area contributed by atoms with Crippen molar-refractivity contribution >= 4 is 45.1 Å². The molecule has 2 aliphatic heterocycles. The number of fused-ring (bicyclic) bond motifs is 2. The number of H-pyrrole nitrogens is 1. The number of anilines is 1. The van der Waals surface area contributed by atoms with E-state index in [1.54, 1.807) is 11.1 Å². The summed E-state index contributed by atoms with van der Waals surface area (Å²) in [5.74, 6) is 1.15. The van der Waals surface area contributed by atoms with Gasteiger partial charge in [-0.3, -0.25) is 14.8 Å². The number of likely N-dealkylation sites (N-methyl/N-ethyl adjacent to an activating group) is 1. The maximum absolute atomic E-state index is 14.1. The van der Waals surface area contributed by atoms with Gasteiger partial charge in [0.1, 0.15) is 24.1 Å². The molecule has 4 aromatic rings. The highest BCUT2D eigenvalue weighted by Gasteiger charge is 2.33. The molecule has 44 heavy (non-hydrogen) atoms. The first-order chi connectivity index (χ1) is 21.3. The molecule has 2 aromatic carbocycles. The molecule has 230 valence electrons. The maximum Gasteiger partial charge on any atom is 0.319 e. The maximum atomic E-state index is 14.1. The first kappa shape index (κ1) is 28.8. The summed E-state index contributed by atoms with van der Waals surface area (Å²) >= 11 is 7.18. The lowest BCUT2D eigenvalue weighted by Gasteiger charge is -2.35. The van der Waals surface area contributed by atoms with E-state index < -0.39 is 6.17 Å². The number of nitrogens with zero attached hydrogens (tertiary/aromatic N) is 6. The van der Waals surface area contributed by atoms with Gasteiger partial charge in [0, 0.05) is 60.7 Å². The molecule has 0 bridgehead atoms. The molecular formula is C32H35ClFN7O3. The number of likely N-dealkylation sites (tertiary alicyclic amines) is 1. The zero-order chi connectivity index (χ0) is 30.5. The van der Waals surface area contributed by atoms with Crippen LogP contribution in [0.5, 0.6) is 11.8 Å². The van der Waals surface area contributed by atoms with Crippen LogP contribution in [0.1, 0.15) is 24.8 Å². The lowest BCUT2D eigenvalue weighted by Crippen LogP contribution is -2.48. The first-order valence-electron chi connectivity index (χ1n) is 15.1. The Bertz CT molecular complexity index is 1750. The molecule has 10 nitrogen and oxygen atoms in total. The quantitative estimate of drug-likeness (QED) is 0.277. The second-order valence-corrected chi connectivity index (χ2v) is 12.4. The SMILES string of the molecule is C=CC(=O)N1CCN(c2nc(OC[C@@H]3C[C@@H](F)CN3C)nc3c(OC4CC4)c(-c4c(C)ccc5[nH]ncc45)c(Cl)cc23)CC1. The third-order valence-corrected chi connectivity index (χ3v) is 9.15. The van der Waals surface area contributed by atoms with E-state index in [1.165, 1.54) is 6.08 Å². The fourth-order valence-electron chi connectivity index (χ4n) is 6.28.